The minimum absolute atomic E-state index is 0.0336. The molecule has 3 aliphatic heterocycles. The molecule has 2 saturated heterocycles. The van der Waals surface area contributed by atoms with Crippen molar-refractivity contribution in [3.05, 3.63) is 27.9 Å². The number of nitrogens with one attached hydrogen (secondary N) is 1. The zero-order chi connectivity index (χ0) is 23.8. The van der Waals surface area contributed by atoms with Gasteiger partial charge in [-0.2, -0.15) is 0 Å². The summed E-state index contributed by atoms with van der Waals surface area (Å²) in [4.78, 5) is 51.1. The topological polar surface area (TPSA) is 128 Å². The summed E-state index contributed by atoms with van der Waals surface area (Å²) in [6.07, 6.45) is 1.71. The number of methoxy groups -OCH3 is 1. The number of piperazine rings is 1. The van der Waals surface area contributed by atoms with E-state index in [2.05, 4.69) is 20.2 Å². The smallest absolute Gasteiger partial charge is 0.337 e. The van der Waals surface area contributed by atoms with E-state index in [4.69, 9.17) is 4.74 Å². The number of carboxylic acids is 1. The van der Waals surface area contributed by atoms with E-state index in [0.29, 0.717) is 44.1 Å². The van der Waals surface area contributed by atoms with Crippen LogP contribution in [0.15, 0.2) is 27.8 Å². The second kappa shape index (κ2) is 9.10. The normalized spacial score (nSPS) is 21.6. The van der Waals surface area contributed by atoms with Crippen LogP contribution in [-0.4, -0.2) is 108 Å². The van der Waals surface area contributed by atoms with Crippen LogP contribution in [0.3, 0.4) is 0 Å². The lowest BCUT2D eigenvalue weighted by atomic mass is 9.93. The number of esters is 1. The number of hydrogen-bond acceptors (Lipinski definition) is 9. The van der Waals surface area contributed by atoms with Gasteiger partial charge >= 0.3 is 18.0 Å². The molecule has 3 aliphatic rings. The Bertz CT molecular complexity index is 1000. The quantitative estimate of drug-likeness (QED) is 0.543. The van der Waals surface area contributed by atoms with Crippen molar-refractivity contribution in [2.45, 2.75) is 19.9 Å². The van der Waals surface area contributed by atoms with Crippen LogP contribution in [0.2, 0.25) is 0 Å². The first kappa shape index (κ1) is 23.2. The Balaban J connectivity index is 1.45. The molecule has 33 heavy (non-hydrogen) atoms. The van der Waals surface area contributed by atoms with Crippen LogP contribution in [0.1, 0.15) is 18.9 Å². The van der Waals surface area contributed by atoms with Crippen molar-refractivity contribution in [1.82, 2.24) is 25.0 Å². The van der Waals surface area contributed by atoms with E-state index in [1.165, 1.54) is 18.4 Å². The molecule has 0 aliphatic carbocycles. The third kappa shape index (κ3) is 4.71. The highest BCUT2D eigenvalue weighted by molar-refractivity contribution is 7.11. The zero-order valence-electron chi connectivity index (χ0n) is 18.9. The van der Waals surface area contributed by atoms with Crippen LogP contribution in [0.4, 0.5) is 4.79 Å². The molecule has 1 aromatic rings. The average molecular weight is 477 g/mol. The van der Waals surface area contributed by atoms with Crippen LogP contribution in [-0.2, 0) is 14.3 Å². The monoisotopic (exact) mass is 476 g/mol. The number of fused-ring (bicyclic) bond motifs is 1. The van der Waals surface area contributed by atoms with Crippen LogP contribution in [0.25, 0.3) is 0 Å². The number of carbonyl (C=O) groups excluding carboxylic acids is 2. The number of carboxylic acid groups (broad SMARTS) is 1. The molecule has 1 atom stereocenters. The Morgan fingerprint density at radius 3 is 2.79 bits per heavy atom. The van der Waals surface area contributed by atoms with Gasteiger partial charge in [0.2, 0.25) is 0 Å². The van der Waals surface area contributed by atoms with Crippen molar-refractivity contribution in [3.63, 3.8) is 0 Å². The van der Waals surface area contributed by atoms with E-state index in [1.54, 1.807) is 24.9 Å². The number of aromatic nitrogens is 1. The minimum Gasteiger partial charge on any atom is -0.481 e. The lowest BCUT2D eigenvalue weighted by Gasteiger charge is -2.37. The summed E-state index contributed by atoms with van der Waals surface area (Å²) in [6, 6.07) is -0.147. The molecule has 2 N–H and O–H groups in total. The molecular weight excluding hydrogens is 448 g/mol. The third-order valence-corrected chi connectivity index (χ3v) is 6.94. The number of hydrogen-bond donors (Lipinski definition) is 2. The lowest BCUT2D eigenvalue weighted by molar-refractivity contribution is -0.147. The minimum atomic E-state index is -1.01. The Morgan fingerprint density at radius 1 is 1.33 bits per heavy atom. The molecule has 12 heteroatoms. The Hall–Kier alpha value is -2.99. The molecule has 0 bridgehead atoms. The molecule has 178 valence electrons. The Labute approximate surface area is 195 Å². The zero-order valence-corrected chi connectivity index (χ0v) is 19.7. The number of rotatable bonds is 7. The number of amides is 2. The predicted octanol–water partition coefficient (Wildman–Crippen LogP) is 0.453. The lowest BCUT2D eigenvalue weighted by Crippen LogP contribution is -2.53. The second-order valence-electron chi connectivity index (χ2n) is 9.01. The van der Waals surface area contributed by atoms with Gasteiger partial charge in [-0.15, -0.1) is 11.3 Å². The summed E-state index contributed by atoms with van der Waals surface area (Å²) in [5, 5.41) is 15.3. The van der Waals surface area contributed by atoms with Crippen molar-refractivity contribution in [2.24, 2.45) is 10.4 Å². The maximum Gasteiger partial charge on any atom is 0.337 e. The van der Waals surface area contributed by atoms with E-state index in [-0.39, 0.29) is 25.2 Å². The number of ether oxygens (including phenoxy) is 1. The summed E-state index contributed by atoms with van der Waals surface area (Å²) in [5.41, 5.74) is 0.193. The van der Waals surface area contributed by atoms with Gasteiger partial charge in [0.1, 0.15) is 0 Å². The highest BCUT2D eigenvalue weighted by Crippen LogP contribution is 2.26. The fourth-order valence-corrected chi connectivity index (χ4v) is 4.90. The number of carbonyl (C=O) groups is 3. The van der Waals surface area contributed by atoms with E-state index in [9.17, 15) is 19.5 Å². The number of nitrogens with zero attached hydrogens (tertiary/aromatic N) is 5. The molecular formula is C21H28N6O5S. The van der Waals surface area contributed by atoms with Crippen molar-refractivity contribution in [2.75, 3.05) is 52.9 Å². The molecule has 0 aromatic carbocycles. The molecule has 0 unspecified atom stereocenters. The maximum atomic E-state index is 12.8. The molecule has 0 radical (unpaired) electrons. The molecule has 4 heterocycles. The van der Waals surface area contributed by atoms with Crippen molar-refractivity contribution in [3.8, 4) is 0 Å². The van der Waals surface area contributed by atoms with Crippen molar-refractivity contribution < 1.29 is 24.2 Å². The SMILES string of the molecule is COC(=O)C1=C(CN2CCN3C(=O)N(CC(C)(C)C(=O)O)C[C@@H]3C2)NC(c2nccs2)=NC1. The average Bonchev–Trinajstić information content (AvgIpc) is 3.42. The molecule has 1 aromatic heterocycles. The molecule has 4 rings (SSSR count). The summed E-state index contributed by atoms with van der Waals surface area (Å²) in [6.45, 7) is 6.41. The molecule has 11 nitrogen and oxygen atoms in total. The van der Waals surface area contributed by atoms with Gasteiger partial charge in [0.05, 0.1) is 30.7 Å². The first-order valence-electron chi connectivity index (χ1n) is 10.7. The highest BCUT2D eigenvalue weighted by atomic mass is 32.1. The summed E-state index contributed by atoms with van der Waals surface area (Å²) < 4.78 is 4.95. The van der Waals surface area contributed by atoms with Crippen LogP contribution < -0.4 is 5.32 Å². The number of amidine groups is 1. The van der Waals surface area contributed by atoms with Crippen molar-refractivity contribution >= 4 is 35.1 Å². The van der Waals surface area contributed by atoms with Gasteiger partial charge in [0.15, 0.2) is 10.8 Å². The van der Waals surface area contributed by atoms with E-state index in [0.717, 1.165) is 10.7 Å². The number of thiazole rings is 1. The molecule has 0 spiro atoms. The highest BCUT2D eigenvalue weighted by Gasteiger charge is 2.43. The van der Waals surface area contributed by atoms with Crippen LogP contribution >= 0.6 is 11.3 Å². The van der Waals surface area contributed by atoms with Gasteiger partial charge < -0.3 is 25.0 Å². The second-order valence-corrected chi connectivity index (χ2v) is 9.90. The van der Waals surface area contributed by atoms with Crippen LogP contribution in [0, 0.1) is 5.41 Å². The Kier molecular flexibility index (Phi) is 6.39. The first-order chi connectivity index (χ1) is 15.7. The largest absolute Gasteiger partial charge is 0.481 e. The predicted molar refractivity (Wildman–Crippen MR) is 121 cm³/mol. The third-order valence-electron chi connectivity index (χ3n) is 6.16. The van der Waals surface area contributed by atoms with Gasteiger partial charge in [-0.05, 0) is 13.8 Å². The standard InChI is InChI=1S/C21H28N6O5S/c1-21(2,19(29)30)12-26-10-13-9-25(5-6-27(13)20(26)31)11-15-14(18(28)32-3)8-23-16(24-15)17-22-4-7-33-17/h4,7,13H,5-6,8-12H2,1-3H3,(H,23,24)(H,29,30)/t13-/m0/s1. The van der Waals surface area contributed by atoms with Gasteiger partial charge in [0.25, 0.3) is 0 Å². The molecule has 2 amide bonds. The van der Waals surface area contributed by atoms with Gasteiger partial charge in [-0.25, -0.2) is 14.6 Å². The first-order valence-corrected chi connectivity index (χ1v) is 11.6. The van der Waals surface area contributed by atoms with Gasteiger partial charge in [-0.3, -0.25) is 14.7 Å². The van der Waals surface area contributed by atoms with E-state index >= 15 is 0 Å². The van der Waals surface area contributed by atoms with E-state index in [1.807, 2.05) is 10.3 Å². The fourth-order valence-electron chi connectivity index (χ4n) is 4.30. The number of aliphatic imine (C=N–C) groups is 1. The summed E-state index contributed by atoms with van der Waals surface area (Å²) >= 11 is 1.46. The van der Waals surface area contributed by atoms with E-state index < -0.39 is 17.4 Å². The summed E-state index contributed by atoms with van der Waals surface area (Å²) in [7, 11) is 1.35. The summed E-state index contributed by atoms with van der Waals surface area (Å²) in [5.74, 6) is -0.717. The van der Waals surface area contributed by atoms with Crippen LogP contribution in [0.5, 0.6) is 0 Å². The number of urea groups is 1. The Morgan fingerprint density at radius 2 is 2.12 bits per heavy atom. The molecule has 0 saturated carbocycles. The molecule has 2 fully saturated rings. The maximum absolute atomic E-state index is 12.8. The van der Waals surface area contributed by atoms with Crippen molar-refractivity contribution in [1.29, 1.82) is 0 Å². The number of aliphatic carboxylic acids is 1. The van der Waals surface area contributed by atoms with Gasteiger partial charge in [0, 0.05) is 56.5 Å². The fraction of sp³-hybridized carbons (Fsp3) is 0.571. The van der Waals surface area contributed by atoms with Gasteiger partial charge in [-0.1, -0.05) is 0 Å².